The van der Waals surface area contributed by atoms with Gasteiger partial charge in [-0.3, -0.25) is 0 Å². The number of benzene rings is 3. The van der Waals surface area contributed by atoms with Crippen LogP contribution in [-0.2, 0) is 0 Å². The second-order valence-corrected chi connectivity index (χ2v) is 8.32. The first-order valence-corrected chi connectivity index (χ1v) is 11.6. The summed E-state index contributed by atoms with van der Waals surface area (Å²) in [6.45, 7) is 13.0. The van der Waals surface area contributed by atoms with Crippen LogP contribution < -0.4 is 5.32 Å². The Kier molecular flexibility index (Phi) is 8.43. The highest BCUT2D eigenvalue weighted by Crippen LogP contribution is 2.33. The molecule has 0 saturated heterocycles. The van der Waals surface area contributed by atoms with E-state index in [1.54, 1.807) is 0 Å². The molecule has 2 nitrogen and oxygen atoms in total. The third kappa shape index (κ3) is 5.82. The average molecular weight is 445 g/mol. The van der Waals surface area contributed by atoms with Gasteiger partial charge < -0.3 is 5.32 Å². The van der Waals surface area contributed by atoms with Gasteiger partial charge in [0.2, 0.25) is 0 Å². The largest absolute Gasteiger partial charge is 0.362 e. The molecule has 0 aromatic heterocycles. The number of hydrogen-bond acceptors (Lipinski definition) is 2. The van der Waals surface area contributed by atoms with E-state index in [2.05, 4.69) is 88.1 Å². The summed E-state index contributed by atoms with van der Waals surface area (Å²) in [5.41, 5.74) is 10.5. The molecular formula is C32H32N2. The topological polar surface area (TPSA) is 35.8 Å². The molecule has 0 fully saturated rings. The molecule has 0 bridgehead atoms. The lowest BCUT2D eigenvalue weighted by atomic mass is 9.91. The van der Waals surface area contributed by atoms with Crippen LogP contribution in [0.5, 0.6) is 0 Å². The normalized spacial score (nSPS) is 12.9. The predicted molar refractivity (Wildman–Crippen MR) is 145 cm³/mol. The molecule has 34 heavy (non-hydrogen) atoms. The van der Waals surface area contributed by atoms with E-state index in [0.717, 1.165) is 51.2 Å². The lowest BCUT2D eigenvalue weighted by Gasteiger charge is -2.20. The third-order valence-corrected chi connectivity index (χ3v) is 5.82. The van der Waals surface area contributed by atoms with E-state index in [-0.39, 0.29) is 0 Å². The molecule has 1 N–H and O–H groups in total. The maximum absolute atomic E-state index is 9.20. The van der Waals surface area contributed by atoms with Gasteiger partial charge >= 0.3 is 0 Å². The van der Waals surface area contributed by atoms with Gasteiger partial charge in [0.15, 0.2) is 0 Å². The molecule has 0 saturated carbocycles. The van der Waals surface area contributed by atoms with Crippen molar-refractivity contribution in [2.75, 3.05) is 0 Å². The van der Waals surface area contributed by atoms with Crippen LogP contribution in [-0.4, -0.2) is 0 Å². The Bertz CT molecular complexity index is 1270. The first-order valence-electron chi connectivity index (χ1n) is 11.6. The number of allylic oxidation sites excluding steroid dienone is 7. The number of hydrogen-bond donors (Lipinski definition) is 1. The fraction of sp³-hybridized carbons (Fsp3) is 0.156. The maximum Gasteiger partial charge on any atom is 0.0991 e. The van der Waals surface area contributed by atoms with Crippen LogP contribution in [0.4, 0.5) is 0 Å². The van der Waals surface area contributed by atoms with Gasteiger partial charge in [-0.05, 0) is 67.2 Å². The second kappa shape index (κ2) is 11.7. The van der Waals surface area contributed by atoms with Crippen molar-refractivity contribution in [3.05, 3.63) is 137 Å². The molecule has 170 valence electrons. The van der Waals surface area contributed by atoms with Crippen LogP contribution in [0.3, 0.4) is 0 Å². The maximum atomic E-state index is 9.20. The summed E-state index contributed by atoms with van der Waals surface area (Å²) in [6.07, 6.45) is 3.19. The molecule has 0 aliphatic rings. The van der Waals surface area contributed by atoms with E-state index in [1.165, 1.54) is 5.57 Å². The summed E-state index contributed by atoms with van der Waals surface area (Å²) in [7, 11) is 0. The fourth-order valence-electron chi connectivity index (χ4n) is 4.27. The Balaban J connectivity index is 2.14. The van der Waals surface area contributed by atoms with Crippen LogP contribution in [0.15, 0.2) is 115 Å². The molecule has 0 atom stereocenters. The zero-order valence-corrected chi connectivity index (χ0v) is 20.5. The molecule has 2 heteroatoms. The monoisotopic (exact) mass is 444 g/mol. The highest BCUT2D eigenvalue weighted by atomic mass is 14.9. The minimum atomic E-state index is 0.660. The molecule has 0 spiro atoms. The first-order chi connectivity index (χ1) is 16.5. The minimum Gasteiger partial charge on any atom is -0.362 e. The molecule has 0 aliphatic carbocycles. The molecule has 0 unspecified atom stereocenters. The standard InChI is InChI=1S/C32H32N2/c1-6-13-23(2)31(30-20-18-27(22-33)19-21-30)25(4)34-26(5)32(29-16-11-8-12-17-29)24(3)28-14-9-7-10-15-28/h7-21,34H,3,6H2,1-2,4-5H3/b23-13+,31-25+,32-26-. The van der Waals surface area contributed by atoms with E-state index >= 15 is 0 Å². The van der Waals surface area contributed by atoms with E-state index in [9.17, 15) is 5.26 Å². The lowest BCUT2D eigenvalue weighted by Crippen LogP contribution is -2.13. The molecule has 3 aromatic rings. The van der Waals surface area contributed by atoms with Gasteiger partial charge in [0.25, 0.3) is 0 Å². The summed E-state index contributed by atoms with van der Waals surface area (Å²) in [4.78, 5) is 0. The molecule has 0 heterocycles. The summed E-state index contributed by atoms with van der Waals surface area (Å²) >= 11 is 0. The van der Waals surface area contributed by atoms with E-state index in [1.807, 2.05) is 48.5 Å². The molecule has 0 radical (unpaired) electrons. The van der Waals surface area contributed by atoms with E-state index in [4.69, 9.17) is 0 Å². The quantitative estimate of drug-likeness (QED) is 0.354. The van der Waals surface area contributed by atoms with Crippen molar-refractivity contribution in [1.82, 2.24) is 5.32 Å². The Morgan fingerprint density at radius 2 is 1.26 bits per heavy atom. The molecule has 0 amide bonds. The van der Waals surface area contributed by atoms with E-state index in [0.29, 0.717) is 5.56 Å². The molecule has 3 aromatic carbocycles. The number of rotatable bonds is 8. The highest BCUT2D eigenvalue weighted by molar-refractivity contribution is 6.05. The van der Waals surface area contributed by atoms with Crippen molar-refractivity contribution >= 4 is 16.7 Å². The zero-order valence-electron chi connectivity index (χ0n) is 20.5. The smallest absolute Gasteiger partial charge is 0.0991 e. The SMILES string of the molecule is C=C(/C(=C(\C)N/C(C)=C(\C(C)=C\CC)c1ccc(C#N)cc1)c1ccccc1)c1ccccc1. The van der Waals surface area contributed by atoms with Gasteiger partial charge in [-0.15, -0.1) is 0 Å². The average Bonchev–Trinajstić information content (AvgIpc) is 2.86. The van der Waals surface area contributed by atoms with Crippen molar-refractivity contribution in [1.29, 1.82) is 5.26 Å². The Labute approximate surface area is 204 Å². The predicted octanol–water partition coefficient (Wildman–Crippen LogP) is 8.38. The lowest BCUT2D eigenvalue weighted by molar-refractivity contribution is 0.974. The molecule has 3 rings (SSSR count). The van der Waals surface area contributed by atoms with Crippen molar-refractivity contribution in [3.8, 4) is 6.07 Å². The Hall–Kier alpha value is -4.09. The van der Waals surface area contributed by atoms with Crippen LogP contribution in [0, 0.1) is 11.3 Å². The Morgan fingerprint density at radius 1 is 0.765 bits per heavy atom. The highest BCUT2D eigenvalue weighted by Gasteiger charge is 2.14. The minimum absolute atomic E-state index is 0.660. The van der Waals surface area contributed by atoms with Crippen molar-refractivity contribution in [3.63, 3.8) is 0 Å². The van der Waals surface area contributed by atoms with Crippen LogP contribution >= 0.6 is 0 Å². The van der Waals surface area contributed by atoms with Crippen LogP contribution in [0.25, 0.3) is 16.7 Å². The number of nitriles is 1. The summed E-state index contributed by atoms with van der Waals surface area (Å²) in [6, 6.07) is 30.7. The zero-order chi connectivity index (χ0) is 24.5. The fourth-order valence-corrected chi connectivity index (χ4v) is 4.27. The van der Waals surface area contributed by atoms with Crippen molar-refractivity contribution in [2.45, 2.75) is 34.1 Å². The summed E-state index contributed by atoms with van der Waals surface area (Å²) < 4.78 is 0. The van der Waals surface area contributed by atoms with Gasteiger partial charge in [-0.2, -0.15) is 5.26 Å². The van der Waals surface area contributed by atoms with Gasteiger partial charge in [0.1, 0.15) is 0 Å². The summed E-state index contributed by atoms with van der Waals surface area (Å²) in [5, 5.41) is 12.9. The van der Waals surface area contributed by atoms with Crippen molar-refractivity contribution < 1.29 is 0 Å². The van der Waals surface area contributed by atoms with Gasteiger partial charge in [-0.1, -0.05) is 92.4 Å². The molecule has 0 aliphatic heterocycles. The Morgan fingerprint density at radius 3 is 1.79 bits per heavy atom. The van der Waals surface area contributed by atoms with Crippen molar-refractivity contribution in [2.24, 2.45) is 0 Å². The summed E-state index contributed by atoms with van der Waals surface area (Å²) in [5.74, 6) is 0. The third-order valence-electron chi connectivity index (χ3n) is 5.82. The second-order valence-electron chi connectivity index (χ2n) is 8.32. The van der Waals surface area contributed by atoms with Gasteiger partial charge in [-0.25, -0.2) is 0 Å². The molecular weight excluding hydrogens is 412 g/mol. The number of nitrogens with one attached hydrogen (secondary N) is 1. The number of nitrogens with zero attached hydrogens (tertiary/aromatic N) is 1. The van der Waals surface area contributed by atoms with Gasteiger partial charge in [0.05, 0.1) is 11.6 Å². The van der Waals surface area contributed by atoms with Crippen LogP contribution in [0.2, 0.25) is 0 Å². The van der Waals surface area contributed by atoms with Crippen LogP contribution in [0.1, 0.15) is 56.4 Å². The van der Waals surface area contributed by atoms with E-state index < -0.39 is 0 Å². The van der Waals surface area contributed by atoms with Gasteiger partial charge in [0, 0.05) is 22.5 Å². The first kappa shape index (κ1) is 24.6.